The van der Waals surface area contributed by atoms with Gasteiger partial charge < -0.3 is 15.8 Å². The average Bonchev–Trinajstić information content (AvgIpc) is 2.39. The van der Waals surface area contributed by atoms with Gasteiger partial charge in [-0.15, -0.1) is 0 Å². The van der Waals surface area contributed by atoms with Gasteiger partial charge in [-0.3, -0.25) is 4.79 Å². The third kappa shape index (κ3) is 3.99. The number of amides is 1. The first-order valence-electron chi connectivity index (χ1n) is 6.18. The second-order valence-electron chi connectivity index (χ2n) is 4.47. The molecule has 0 bridgehead atoms. The molecule has 1 amide bonds. The van der Waals surface area contributed by atoms with Crippen molar-refractivity contribution < 1.29 is 9.53 Å². The van der Waals surface area contributed by atoms with Crippen LogP contribution in [0.4, 0.5) is 0 Å². The highest BCUT2D eigenvalue weighted by molar-refractivity contribution is 5.83. The standard InChI is InChI=1S/C12H21N3O2/c13-6-2-1-3-7-15-11(16)12(10-14)4-8-17-9-5-12/h1-5,7-10,14H2,(H,15,16). The van der Waals surface area contributed by atoms with Gasteiger partial charge in [-0.25, -0.2) is 0 Å². The lowest BCUT2D eigenvalue weighted by Crippen LogP contribution is -2.49. The number of nitrogens with two attached hydrogens (primary N) is 1. The fraction of sp³-hybridized carbons (Fsp3) is 0.833. The Bertz CT molecular complexity index is 280. The molecule has 5 heteroatoms. The fourth-order valence-electron chi connectivity index (χ4n) is 2.00. The molecule has 0 aliphatic carbocycles. The highest BCUT2D eigenvalue weighted by Gasteiger charge is 2.38. The lowest BCUT2D eigenvalue weighted by Gasteiger charge is -2.34. The van der Waals surface area contributed by atoms with Crippen LogP contribution in [0.15, 0.2) is 0 Å². The number of nitriles is 1. The highest BCUT2D eigenvalue weighted by atomic mass is 16.5. The molecule has 0 spiro atoms. The smallest absolute Gasteiger partial charge is 0.227 e. The van der Waals surface area contributed by atoms with E-state index in [1.807, 2.05) is 0 Å². The molecule has 5 nitrogen and oxygen atoms in total. The Kier molecular flexibility index (Phi) is 5.95. The van der Waals surface area contributed by atoms with Crippen LogP contribution in [-0.2, 0) is 9.53 Å². The zero-order chi connectivity index (χ0) is 12.6. The van der Waals surface area contributed by atoms with Crippen LogP contribution in [0.3, 0.4) is 0 Å². The maximum Gasteiger partial charge on any atom is 0.227 e. The van der Waals surface area contributed by atoms with Crippen LogP contribution in [0.2, 0.25) is 0 Å². The van der Waals surface area contributed by atoms with E-state index in [4.69, 9.17) is 15.7 Å². The van der Waals surface area contributed by atoms with E-state index < -0.39 is 5.41 Å². The van der Waals surface area contributed by atoms with E-state index in [0.717, 1.165) is 12.8 Å². The van der Waals surface area contributed by atoms with Gasteiger partial charge in [0.05, 0.1) is 11.5 Å². The summed E-state index contributed by atoms with van der Waals surface area (Å²) in [5.41, 5.74) is 5.29. The molecule has 0 atom stereocenters. The number of ether oxygens (including phenoxy) is 1. The molecule has 1 rings (SSSR count). The fourth-order valence-corrected chi connectivity index (χ4v) is 2.00. The van der Waals surface area contributed by atoms with Crippen LogP contribution >= 0.6 is 0 Å². The maximum atomic E-state index is 12.1. The lowest BCUT2D eigenvalue weighted by molar-refractivity contribution is -0.135. The highest BCUT2D eigenvalue weighted by Crippen LogP contribution is 2.29. The Balaban J connectivity index is 2.31. The Morgan fingerprint density at radius 1 is 1.41 bits per heavy atom. The number of carbonyl (C=O) groups is 1. The van der Waals surface area contributed by atoms with Crippen LogP contribution in [0.5, 0.6) is 0 Å². The normalized spacial score (nSPS) is 18.4. The monoisotopic (exact) mass is 239 g/mol. The predicted octanol–water partition coefficient (Wildman–Crippen LogP) is 0.552. The summed E-state index contributed by atoms with van der Waals surface area (Å²) in [6.07, 6.45) is 3.62. The molecule has 1 saturated heterocycles. The van der Waals surface area contributed by atoms with E-state index in [1.54, 1.807) is 0 Å². The molecule has 0 aromatic rings. The molecule has 1 heterocycles. The minimum atomic E-state index is -0.437. The summed E-state index contributed by atoms with van der Waals surface area (Å²) in [5, 5.41) is 11.3. The maximum absolute atomic E-state index is 12.1. The molecule has 0 radical (unpaired) electrons. The molecule has 17 heavy (non-hydrogen) atoms. The van der Waals surface area contributed by atoms with Crippen LogP contribution in [0, 0.1) is 16.7 Å². The topological polar surface area (TPSA) is 88.1 Å². The van der Waals surface area contributed by atoms with Crippen molar-refractivity contribution in [3.63, 3.8) is 0 Å². The van der Waals surface area contributed by atoms with Crippen molar-refractivity contribution in [2.75, 3.05) is 26.3 Å². The van der Waals surface area contributed by atoms with Crippen LogP contribution in [0.1, 0.15) is 32.1 Å². The number of carbonyl (C=O) groups excluding carboxylic acids is 1. The van der Waals surface area contributed by atoms with Gasteiger partial charge in [-0.1, -0.05) is 0 Å². The SMILES string of the molecule is N#CCCCCNC(=O)C1(CN)CCOCC1. The predicted molar refractivity (Wildman–Crippen MR) is 64.0 cm³/mol. The number of hydrogen-bond acceptors (Lipinski definition) is 4. The molecule has 1 aliphatic rings. The van der Waals surface area contributed by atoms with Crippen molar-refractivity contribution in [2.45, 2.75) is 32.1 Å². The molecule has 0 saturated carbocycles. The van der Waals surface area contributed by atoms with E-state index >= 15 is 0 Å². The van der Waals surface area contributed by atoms with Gasteiger partial charge in [0.25, 0.3) is 0 Å². The summed E-state index contributed by atoms with van der Waals surface area (Å²) >= 11 is 0. The second kappa shape index (κ2) is 7.25. The lowest BCUT2D eigenvalue weighted by atomic mass is 9.79. The molecule has 3 N–H and O–H groups in total. The Morgan fingerprint density at radius 2 is 2.12 bits per heavy atom. The molecule has 1 aliphatic heterocycles. The Hall–Kier alpha value is -1.12. The minimum Gasteiger partial charge on any atom is -0.381 e. The number of rotatable bonds is 6. The molecule has 96 valence electrons. The first-order chi connectivity index (χ1) is 8.25. The van der Waals surface area contributed by atoms with E-state index in [0.29, 0.717) is 45.6 Å². The van der Waals surface area contributed by atoms with Crippen molar-refractivity contribution in [3.05, 3.63) is 0 Å². The van der Waals surface area contributed by atoms with Gasteiger partial charge in [-0.2, -0.15) is 5.26 Å². The number of hydrogen-bond donors (Lipinski definition) is 2. The van der Waals surface area contributed by atoms with Gasteiger partial charge in [0.1, 0.15) is 0 Å². The van der Waals surface area contributed by atoms with E-state index in [2.05, 4.69) is 11.4 Å². The summed E-state index contributed by atoms with van der Waals surface area (Å²) < 4.78 is 5.26. The van der Waals surface area contributed by atoms with Crippen LogP contribution in [-0.4, -0.2) is 32.2 Å². The first kappa shape index (κ1) is 13.9. The van der Waals surface area contributed by atoms with Gasteiger partial charge in [-0.05, 0) is 25.7 Å². The minimum absolute atomic E-state index is 0.0419. The van der Waals surface area contributed by atoms with E-state index in [-0.39, 0.29) is 5.91 Å². The van der Waals surface area contributed by atoms with Crippen LogP contribution < -0.4 is 11.1 Å². The van der Waals surface area contributed by atoms with Crippen molar-refractivity contribution in [1.29, 1.82) is 5.26 Å². The summed E-state index contributed by atoms with van der Waals surface area (Å²) in [6.45, 7) is 2.22. The molecular formula is C12H21N3O2. The largest absolute Gasteiger partial charge is 0.381 e. The summed E-state index contributed by atoms with van der Waals surface area (Å²) in [6, 6.07) is 2.09. The zero-order valence-corrected chi connectivity index (χ0v) is 10.2. The first-order valence-corrected chi connectivity index (χ1v) is 6.18. The Morgan fingerprint density at radius 3 is 2.71 bits per heavy atom. The van der Waals surface area contributed by atoms with Crippen molar-refractivity contribution in [1.82, 2.24) is 5.32 Å². The van der Waals surface area contributed by atoms with Gasteiger partial charge in [0, 0.05) is 32.7 Å². The molecular weight excluding hydrogens is 218 g/mol. The van der Waals surface area contributed by atoms with Crippen molar-refractivity contribution in [3.8, 4) is 6.07 Å². The molecule has 0 unspecified atom stereocenters. The molecule has 0 aromatic carbocycles. The third-order valence-corrected chi connectivity index (χ3v) is 3.32. The second-order valence-corrected chi connectivity index (χ2v) is 4.47. The van der Waals surface area contributed by atoms with Crippen LogP contribution in [0.25, 0.3) is 0 Å². The number of nitrogens with one attached hydrogen (secondary N) is 1. The van der Waals surface area contributed by atoms with E-state index in [9.17, 15) is 4.79 Å². The molecule has 0 aromatic heterocycles. The Labute approximate surface area is 102 Å². The zero-order valence-electron chi connectivity index (χ0n) is 10.2. The number of nitrogens with zero attached hydrogens (tertiary/aromatic N) is 1. The summed E-state index contributed by atoms with van der Waals surface area (Å²) in [5.74, 6) is 0.0419. The summed E-state index contributed by atoms with van der Waals surface area (Å²) in [4.78, 5) is 12.1. The quantitative estimate of drug-likeness (QED) is 0.663. The average molecular weight is 239 g/mol. The van der Waals surface area contributed by atoms with Gasteiger partial charge in [0.2, 0.25) is 5.91 Å². The third-order valence-electron chi connectivity index (χ3n) is 3.32. The van der Waals surface area contributed by atoms with Crippen molar-refractivity contribution in [2.24, 2.45) is 11.1 Å². The van der Waals surface area contributed by atoms with Crippen molar-refractivity contribution >= 4 is 5.91 Å². The number of unbranched alkanes of at least 4 members (excludes halogenated alkanes) is 2. The van der Waals surface area contributed by atoms with Gasteiger partial charge >= 0.3 is 0 Å². The molecule has 1 fully saturated rings. The van der Waals surface area contributed by atoms with E-state index in [1.165, 1.54) is 0 Å². The van der Waals surface area contributed by atoms with Gasteiger partial charge in [0.15, 0.2) is 0 Å². The summed E-state index contributed by atoms with van der Waals surface area (Å²) in [7, 11) is 0.